The molecule has 1 aliphatic heterocycles. The van der Waals surface area contributed by atoms with Crippen molar-refractivity contribution >= 4 is 17.0 Å². The second-order valence-electron chi connectivity index (χ2n) is 7.08. The Bertz CT molecular complexity index is 940. The topological polar surface area (TPSA) is 28.1 Å². The summed E-state index contributed by atoms with van der Waals surface area (Å²) in [6.07, 6.45) is 1.92. The number of para-hydroxylation sites is 1. The Balaban J connectivity index is 1.36. The maximum Gasteiger partial charge on any atom is 0.128 e. The summed E-state index contributed by atoms with van der Waals surface area (Å²) in [5.41, 5.74) is 2.43. The Morgan fingerprint density at radius 2 is 1.64 bits per heavy atom. The van der Waals surface area contributed by atoms with Gasteiger partial charge in [-0.3, -0.25) is 9.91 Å². The Labute approximate surface area is 167 Å². The number of hydrogen-bond donors (Lipinski definition) is 0. The Morgan fingerprint density at radius 1 is 0.893 bits per heavy atom. The van der Waals surface area contributed by atoms with Gasteiger partial charge in [-0.2, -0.15) is 5.10 Å². The predicted octanol–water partition coefficient (Wildman–Crippen LogP) is 4.39. The lowest BCUT2D eigenvalue weighted by Gasteiger charge is -2.33. The van der Waals surface area contributed by atoms with Crippen LogP contribution >= 0.6 is 0 Å². The Hall–Kier alpha value is -2.85. The second kappa shape index (κ2) is 8.89. The molecule has 0 bridgehead atoms. The van der Waals surface area contributed by atoms with Crippen molar-refractivity contribution in [1.82, 2.24) is 9.91 Å². The molecule has 0 aromatic heterocycles. The fraction of sp³-hybridized carbons (Fsp3) is 0.292. The molecule has 1 heterocycles. The molecule has 0 aliphatic carbocycles. The van der Waals surface area contributed by atoms with E-state index in [2.05, 4.69) is 57.5 Å². The fourth-order valence-corrected chi connectivity index (χ4v) is 3.70. The van der Waals surface area contributed by atoms with Gasteiger partial charge in [-0.05, 0) is 35.4 Å². The van der Waals surface area contributed by atoms with E-state index in [1.807, 2.05) is 37.4 Å². The van der Waals surface area contributed by atoms with Crippen molar-refractivity contribution in [3.05, 3.63) is 77.9 Å². The maximum atomic E-state index is 5.68. The predicted molar refractivity (Wildman–Crippen MR) is 116 cm³/mol. The van der Waals surface area contributed by atoms with Crippen molar-refractivity contribution in [3.63, 3.8) is 0 Å². The van der Waals surface area contributed by atoms with Gasteiger partial charge in [0.15, 0.2) is 0 Å². The Kier molecular flexibility index (Phi) is 5.88. The molecule has 1 saturated heterocycles. The molecule has 3 aromatic carbocycles. The Morgan fingerprint density at radius 3 is 2.50 bits per heavy atom. The van der Waals surface area contributed by atoms with E-state index in [1.54, 1.807) is 0 Å². The maximum absolute atomic E-state index is 5.68. The van der Waals surface area contributed by atoms with Crippen LogP contribution in [0, 0.1) is 0 Å². The fourth-order valence-electron chi connectivity index (χ4n) is 3.70. The van der Waals surface area contributed by atoms with Crippen LogP contribution in [0.2, 0.25) is 0 Å². The summed E-state index contributed by atoms with van der Waals surface area (Å²) in [7, 11) is 0. The first-order chi connectivity index (χ1) is 13.8. The van der Waals surface area contributed by atoms with Gasteiger partial charge in [0.1, 0.15) is 5.75 Å². The van der Waals surface area contributed by atoms with Gasteiger partial charge in [0.05, 0.1) is 12.8 Å². The van der Waals surface area contributed by atoms with Crippen LogP contribution in [-0.2, 0) is 6.54 Å². The van der Waals surface area contributed by atoms with E-state index in [-0.39, 0.29) is 0 Å². The van der Waals surface area contributed by atoms with Crippen molar-refractivity contribution in [2.75, 3.05) is 32.8 Å². The molecule has 28 heavy (non-hydrogen) atoms. The molecule has 144 valence electrons. The van der Waals surface area contributed by atoms with Crippen LogP contribution in [0.15, 0.2) is 71.8 Å². The third-order valence-corrected chi connectivity index (χ3v) is 5.20. The van der Waals surface area contributed by atoms with Gasteiger partial charge in [0.25, 0.3) is 0 Å². The lowest BCUT2D eigenvalue weighted by molar-refractivity contribution is 0.131. The van der Waals surface area contributed by atoms with Crippen LogP contribution in [0.5, 0.6) is 5.75 Å². The zero-order valence-corrected chi connectivity index (χ0v) is 16.4. The molecule has 1 fully saturated rings. The van der Waals surface area contributed by atoms with E-state index in [9.17, 15) is 0 Å². The zero-order chi connectivity index (χ0) is 19.2. The highest BCUT2D eigenvalue weighted by Gasteiger charge is 2.16. The molecule has 1 aliphatic rings. The number of ether oxygens (including phenoxy) is 1. The molecular weight excluding hydrogens is 346 g/mol. The highest BCUT2D eigenvalue weighted by molar-refractivity contribution is 5.85. The van der Waals surface area contributed by atoms with Gasteiger partial charge in [0, 0.05) is 38.3 Å². The standard InChI is InChI=1S/C24H27N3O/c1-2-28-24-13-6-4-9-21(24)18-25-27-16-14-26(15-17-27)19-22-11-7-10-20-8-3-5-12-23(20)22/h3-13,18H,2,14-17,19H2,1H3. The van der Waals surface area contributed by atoms with Crippen LogP contribution in [0.4, 0.5) is 0 Å². The number of fused-ring (bicyclic) bond motifs is 1. The summed E-state index contributed by atoms with van der Waals surface area (Å²) in [6.45, 7) is 7.59. The van der Waals surface area contributed by atoms with Crippen molar-refractivity contribution in [3.8, 4) is 5.75 Å². The van der Waals surface area contributed by atoms with Gasteiger partial charge in [0.2, 0.25) is 0 Å². The van der Waals surface area contributed by atoms with E-state index in [4.69, 9.17) is 4.74 Å². The molecular formula is C24H27N3O. The number of benzene rings is 3. The molecule has 4 heteroatoms. The SMILES string of the molecule is CCOc1ccccc1C=NN1CCN(Cc2cccc3ccccc23)CC1. The summed E-state index contributed by atoms with van der Waals surface area (Å²) in [4.78, 5) is 2.52. The van der Waals surface area contributed by atoms with E-state index in [1.165, 1.54) is 16.3 Å². The number of hydrazone groups is 1. The second-order valence-corrected chi connectivity index (χ2v) is 7.08. The molecule has 4 rings (SSSR count). The lowest BCUT2D eigenvalue weighted by atomic mass is 10.0. The van der Waals surface area contributed by atoms with Crippen LogP contribution in [0.25, 0.3) is 10.8 Å². The highest BCUT2D eigenvalue weighted by Crippen LogP contribution is 2.21. The normalized spacial score (nSPS) is 15.4. The zero-order valence-electron chi connectivity index (χ0n) is 16.4. The van der Waals surface area contributed by atoms with Crippen LogP contribution in [-0.4, -0.2) is 48.9 Å². The summed E-state index contributed by atoms with van der Waals surface area (Å²) in [5.74, 6) is 0.892. The third kappa shape index (κ3) is 4.34. The third-order valence-electron chi connectivity index (χ3n) is 5.20. The molecule has 3 aromatic rings. The number of rotatable bonds is 6. The van der Waals surface area contributed by atoms with Gasteiger partial charge < -0.3 is 4.74 Å². The van der Waals surface area contributed by atoms with Crippen LogP contribution < -0.4 is 4.74 Å². The molecule has 0 saturated carbocycles. The number of hydrogen-bond acceptors (Lipinski definition) is 4. The highest BCUT2D eigenvalue weighted by atomic mass is 16.5. The quantitative estimate of drug-likeness (QED) is 0.600. The molecule has 0 amide bonds. The monoisotopic (exact) mass is 373 g/mol. The summed E-state index contributed by atoms with van der Waals surface area (Å²) in [6, 6.07) is 23.3. The molecule has 0 unspecified atom stereocenters. The first kappa shape index (κ1) is 18.5. The van der Waals surface area contributed by atoms with E-state index < -0.39 is 0 Å². The van der Waals surface area contributed by atoms with Gasteiger partial charge in [-0.1, -0.05) is 54.6 Å². The first-order valence-electron chi connectivity index (χ1n) is 10.0. The van der Waals surface area contributed by atoms with E-state index in [0.29, 0.717) is 6.61 Å². The minimum atomic E-state index is 0.664. The van der Waals surface area contributed by atoms with Crippen molar-refractivity contribution < 1.29 is 4.74 Å². The largest absolute Gasteiger partial charge is 0.493 e. The summed E-state index contributed by atoms with van der Waals surface area (Å²) in [5, 5.41) is 9.52. The molecule has 0 radical (unpaired) electrons. The summed E-state index contributed by atoms with van der Waals surface area (Å²) >= 11 is 0. The van der Waals surface area contributed by atoms with Gasteiger partial charge in [-0.25, -0.2) is 0 Å². The van der Waals surface area contributed by atoms with Crippen molar-refractivity contribution in [2.24, 2.45) is 5.10 Å². The molecule has 4 nitrogen and oxygen atoms in total. The van der Waals surface area contributed by atoms with Gasteiger partial charge >= 0.3 is 0 Å². The number of piperazine rings is 1. The van der Waals surface area contributed by atoms with Gasteiger partial charge in [-0.15, -0.1) is 0 Å². The molecule has 0 spiro atoms. The minimum absolute atomic E-state index is 0.664. The number of nitrogens with zero attached hydrogens (tertiary/aromatic N) is 3. The lowest BCUT2D eigenvalue weighted by Crippen LogP contribution is -2.43. The van der Waals surface area contributed by atoms with Crippen molar-refractivity contribution in [1.29, 1.82) is 0 Å². The molecule has 0 atom stereocenters. The van der Waals surface area contributed by atoms with E-state index >= 15 is 0 Å². The van der Waals surface area contributed by atoms with Crippen LogP contribution in [0.1, 0.15) is 18.1 Å². The van der Waals surface area contributed by atoms with E-state index in [0.717, 1.165) is 44.0 Å². The molecule has 0 N–H and O–H groups in total. The van der Waals surface area contributed by atoms with Crippen molar-refractivity contribution in [2.45, 2.75) is 13.5 Å². The van der Waals surface area contributed by atoms with Crippen LogP contribution in [0.3, 0.4) is 0 Å². The smallest absolute Gasteiger partial charge is 0.128 e. The average Bonchev–Trinajstić information content (AvgIpc) is 2.75. The first-order valence-corrected chi connectivity index (χ1v) is 10.0. The summed E-state index contributed by atoms with van der Waals surface area (Å²) < 4.78 is 5.68. The average molecular weight is 374 g/mol. The minimum Gasteiger partial charge on any atom is -0.493 e.